The van der Waals surface area contributed by atoms with E-state index >= 15 is 0 Å². The predicted molar refractivity (Wildman–Crippen MR) is 83.6 cm³/mol. The third kappa shape index (κ3) is 4.60. The Kier molecular flexibility index (Phi) is 7.13. The van der Waals surface area contributed by atoms with Gasteiger partial charge in [0.2, 0.25) is 0 Å². The van der Waals surface area contributed by atoms with Crippen LogP contribution in [-0.4, -0.2) is 25.2 Å². The van der Waals surface area contributed by atoms with Gasteiger partial charge in [-0.1, -0.05) is 6.92 Å². The number of carbonyl (C=O) groups is 2. The minimum absolute atomic E-state index is 0.164. The zero-order chi connectivity index (χ0) is 16.5. The number of nitrogens with zero attached hydrogens (tertiary/aromatic N) is 1. The van der Waals surface area contributed by atoms with Crippen LogP contribution in [0.5, 0.6) is 0 Å². The molecule has 6 nitrogen and oxygen atoms in total. The summed E-state index contributed by atoms with van der Waals surface area (Å²) in [6.45, 7) is 5.82. The monoisotopic (exact) mass is 322 g/mol. The lowest BCUT2D eigenvalue weighted by Gasteiger charge is -2.04. The predicted octanol–water partition coefficient (Wildman–Crippen LogP) is 2.87. The highest BCUT2D eigenvalue weighted by Crippen LogP contribution is 2.29. The van der Waals surface area contributed by atoms with Crippen LogP contribution in [0.15, 0.2) is 17.8 Å². The van der Waals surface area contributed by atoms with Crippen molar-refractivity contribution in [2.24, 2.45) is 0 Å². The molecule has 0 amide bonds. The van der Waals surface area contributed by atoms with Gasteiger partial charge in [0.1, 0.15) is 11.1 Å². The minimum Gasteiger partial charge on any atom is -0.462 e. The first kappa shape index (κ1) is 17.7. The number of esters is 2. The molecule has 0 fully saturated rings. The first-order chi connectivity index (χ1) is 10.6. The number of carbonyl (C=O) groups excluding carboxylic acids is 2. The summed E-state index contributed by atoms with van der Waals surface area (Å²) in [6, 6.07) is 3.51. The average molecular weight is 322 g/mol. The summed E-state index contributed by atoms with van der Waals surface area (Å²) in [4.78, 5) is 24.4. The molecule has 0 unspecified atom stereocenters. The Morgan fingerprint density at radius 1 is 1.32 bits per heavy atom. The van der Waals surface area contributed by atoms with Crippen LogP contribution in [0.4, 0.5) is 5.00 Å². The maximum atomic E-state index is 11.9. The van der Waals surface area contributed by atoms with Crippen molar-refractivity contribution in [3.05, 3.63) is 28.3 Å². The van der Waals surface area contributed by atoms with Crippen molar-refractivity contribution in [3.8, 4) is 6.07 Å². The number of hydrogen-bond donors (Lipinski definition) is 1. The van der Waals surface area contributed by atoms with Gasteiger partial charge in [-0.15, -0.1) is 11.3 Å². The molecule has 0 radical (unpaired) electrons. The molecule has 0 saturated heterocycles. The summed E-state index contributed by atoms with van der Waals surface area (Å²) in [6.07, 6.45) is 2.01. The SMILES string of the molecule is CCOC(=O)/C(C#N)=C/Nc1sc(CC)cc1C(=O)OCC. The largest absolute Gasteiger partial charge is 0.462 e. The van der Waals surface area contributed by atoms with Crippen LogP contribution in [0.25, 0.3) is 0 Å². The Labute approximate surface area is 133 Å². The second-order valence-electron chi connectivity index (χ2n) is 4.06. The van der Waals surface area contributed by atoms with E-state index < -0.39 is 11.9 Å². The van der Waals surface area contributed by atoms with Gasteiger partial charge in [-0.2, -0.15) is 5.26 Å². The molecule has 7 heteroatoms. The molecule has 0 aliphatic carbocycles. The van der Waals surface area contributed by atoms with E-state index in [-0.39, 0.29) is 18.8 Å². The van der Waals surface area contributed by atoms with Crippen molar-refractivity contribution in [1.82, 2.24) is 0 Å². The Hall–Kier alpha value is -2.33. The molecule has 1 rings (SSSR count). The van der Waals surface area contributed by atoms with Crippen LogP contribution in [0.1, 0.15) is 36.0 Å². The number of thiophene rings is 1. The van der Waals surface area contributed by atoms with Crippen molar-refractivity contribution in [3.63, 3.8) is 0 Å². The highest BCUT2D eigenvalue weighted by atomic mass is 32.1. The fraction of sp³-hybridized carbons (Fsp3) is 0.400. The van der Waals surface area contributed by atoms with Crippen LogP contribution < -0.4 is 5.32 Å². The lowest BCUT2D eigenvalue weighted by molar-refractivity contribution is -0.138. The molecule has 0 aliphatic heterocycles. The van der Waals surface area contributed by atoms with E-state index in [4.69, 9.17) is 14.7 Å². The smallest absolute Gasteiger partial charge is 0.350 e. The van der Waals surface area contributed by atoms with Gasteiger partial charge in [-0.25, -0.2) is 9.59 Å². The van der Waals surface area contributed by atoms with Gasteiger partial charge in [-0.05, 0) is 26.3 Å². The first-order valence-corrected chi connectivity index (χ1v) is 7.72. The fourth-order valence-corrected chi connectivity index (χ4v) is 2.52. The van der Waals surface area contributed by atoms with E-state index in [1.807, 2.05) is 6.92 Å². The van der Waals surface area contributed by atoms with Gasteiger partial charge < -0.3 is 14.8 Å². The van der Waals surface area contributed by atoms with Gasteiger partial charge in [0.05, 0.1) is 18.8 Å². The highest BCUT2D eigenvalue weighted by molar-refractivity contribution is 7.16. The molecule has 0 aromatic carbocycles. The van der Waals surface area contributed by atoms with Crippen molar-refractivity contribution in [2.45, 2.75) is 27.2 Å². The number of rotatable bonds is 7. The molecule has 1 aromatic rings. The van der Waals surface area contributed by atoms with E-state index in [0.717, 1.165) is 11.3 Å². The van der Waals surface area contributed by atoms with Crippen LogP contribution in [-0.2, 0) is 20.7 Å². The third-order valence-corrected chi connectivity index (χ3v) is 3.80. The lowest BCUT2D eigenvalue weighted by Crippen LogP contribution is -2.09. The third-order valence-electron chi connectivity index (χ3n) is 2.59. The van der Waals surface area contributed by atoms with Crippen LogP contribution >= 0.6 is 11.3 Å². The van der Waals surface area contributed by atoms with Gasteiger partial charge in [0.25, 0.3) is 0 Å². The molecular weight excluding hydrogens is 304 g/mol. The molecule has 1 aromatic heterocycles. The maximum absolute atomic E-state index is 11.9. The Morgan fingerprint density at radius 2 is 2.00 bits per heavy atom. The molecule has 22 heavy (non-hydrogen) atoms. The van der Waals surface area contributed by atoms with Gasteiger partial charge in [0.15, 0.2) is 5.57 Å². The average Bonchev–Trinajstić information content (AvgIpc) is 2.92. The van der Waals surface area contributed by atoms with E-state index in [1.165, 1.54) is 17.5 Å². The van der Waals surface area contributed by atoms with Gasteiger partial charge in [-0.3, -0.25) is 0 Å². The number of aryl methyl sites for hydroxylation is 1. The molecule has 1 N–H and O–H groups in total. The number of hydrogen-bond acceptors (Lipinski definition) is 7. The standard InChI is InChI=1S/C15H18N2O4S/c1-4-11-7-12(15(19)21-6-3)13(22-11)17-9-10(8-16)14(18)20-5-2/h7,9,17H,4-6H2,1-3H3/b10-9+. The molecule has 1 heterocycles. The van der Waals surface area contributed by atoms with Crippen molar-refractivity contribution >= 4 is 28.3 Å². The normalized spacial score (nSPS) is 10.7. The van der Waals surface area contributed by atoms with E-state index in [9.17, 15) is 9.59 Å². The summed E-state index contributed by atoms with van der Waals surface area (Å²) in [5.41, 5.74) is 0.226. The van der Waals surface area contributed by atoms with E-state index in [1.54, 1.807) is 26.0 Å². The lowest BCUT2D eigenvalue weighted by atomic mass is 10.2. The second kappa shape index (κ2) is 8.85. The Bertz CT molecular complexity index is 614. The fourth-order valence-electron chi connectivity index (χ4n) is 1.57. The molecule has 118 valence electrons. The number of anilines is 1. The summed E-state index contributed by atoms with van der Waals surface area (Å²) < 4.78 is 9.76. The van der Waals surface area contributed by atoms with E-state index in [2.05, 4.69) is 5.32 Å². The van der Waals surface area contributed by atoms with E-state index in [0.29, 0.717) is 10.6 Å². The minimum atomic E-state index is -0.706. The topological polar surface area (TPSA) is 88.4 Å². The maximum Gasteiger partial charge on any atom is 0.350 e. The van der Waals surface area contributed by atoms with Crippen LogP contribution in [0.2, 0.25) is 0 Å². The zero-order valence-corrected chi connectivity index (χ0v) is 13.6. The number of nitriles is 1. The van der Waals surface area contributed by atoms with Gasteiger partial charge in [0, 0.05) is 11.1 Å². The molecule has 0 spiro atoms. The number of nitrogens with one attached hydrogen (secondary N) is 1. The quantitative estimate of drug-likeness (QED) is 0.472. The van der Waals surface area contributed by atoms with Crippen molar-refractivity contribution < 1.29 is 19.1 Å². The Morgan fingerprint density at radius 3 is 2.55 bits per heavy atom. The molecule has 0 saturated carbocycles. The molecule has 0 bridgehead atoms. The summed E-state index contributed by atoms with van der Waals surface area (Å²) >= 11 is 1.37. The van der Waals surface area contributed by atoms with Crippen molar-refractivity contribution in [1.29, 1.82) is 5.26 Å². The molecule has 0 atom stereocenters. The van der Waals surface area contributed by atoms with Crippen LogP contribution in [0.3, 0.4) is 0 Å². The van der Waals surface area contributed by atoms with Crippen molar-refractivity contribution in [2.75, 3.05) is 18.5 Å². The summed E-state index contributed by atoms with van der Waals surface area (Å²) in [5, 5.41) is 12.3. The summed E-state index contributed by atoms with van der Waals surface area (Å²) in [5.74, 6) is -1.15. The van der Waals surface area contributed by atoms with Gasteiger partial charge >= 0.3 is 11.9 Å². The zero-order valence-electron chi connectivity index (χ0n) is 12.8. The highest BCUT2D eigenvalue weighted by Gasteiger charge is 2.17. The molecule has 0 aliphatic rings. The molecular formula is C15H18N2O4S. The number of ether oxygens (including phenoxy) is 2. The second-order valence-corrected chi connectivity index (χ2v) is 5.20. The summed E-state index contributed by atoms with van der Waals surface area (Å²) in [7, 11) is 0. The first-order valence-electron chi connectivity index (χ1n) is 6.91. The van der Waals surface area contributed by atoms with Crippen LogP contribution in [0, 0.1) is 11.3 Å². The Balaban J connectivity index is 3.01.